The van der Waals surface area contributed by atoms with Gasteiger partial charge in [0.15, 0.2) is 0 Å². The summed E-state index contributed by atoms with van der Waals surface area (Å²) in [5.41, 5.74) is 6.24. The Hall–Kier alpha value is -1.41. The quantitative estimate of drug-likeness (QED) is 0.816. The Labute approximate surface area is 116 Å². The summed E-state index contributed by atoms with van der Waals surface area (Å²) in [6.07, 6.45) is 2.47. The fourth-order valence-electron chi connectivity index (χ4n) is 2.41. The number of aromatic nitrogens is 1. The van der Waals surface area contributed by atoms with Crippen molar-refractivity contribution in [2.45, 2.75) is 47.1 Å². The Morgan fingerprint density at radius 1 is 1.16 bits per heavy atom. The van der Waals surface area contributed by atoms with E-state index in [4.69, 9.17) is 4.98 Å². The van der Waals surface area contributed by atoms with Crippen molar-refractivity contribution in [1.29, 1.82) is 0 Å². The molecule has 2 aromatic rings. The molecule has 0 amide bonds. The van der Waals surface area contributed by atoms with Crippen LogP contribution in [0.15, 0.2) is 18.2 Å². The van der Waals surface area contributed by atoms with Gasteiger partial charge >= 0.3 is 0 Å². The number of unbranched alkanes of at least 4 members (excludes halogenated alkanes) is 1. The third kappa shape index (κ3) is 3.13. The molecule has 102 valence electrons. The smallest absolute Gasteiger partial charge is 0.0740 e. The summed E-state index contributed by atoms with van der Waals surface area (Å²) < 4.78 is 0. The summed E-state index contributed by atoms with van der Waals surface area (Å²) in [6, 6.07) is 6.61. The van der Waals surface area contributed by atoms with E-state index in [9.17, 15) is 0 Å². The van der Waals surface area contributed by atoms with E-state index in [1.807, 2.05) is 0 Å². The zero-order valence-corrected chi connectivity index (χ0v) is 12.5. The average Bonchev–Trinajstić information content (AvgIpc) is 2.39. The van der Waals surface area contributed by atoms with Crippen molar-refractivity contribution < 1.29 is 0 Å². The highest BCUT2D eigenvalue weighted by atomic mass is 14.8. The Kier molecular flexibility index (Phi) is 4.54. The number of hydrogen-bond acceptors (Lipinski definition) is 2. The van der Waals surface area contributed by atoms with Crippen LogP contribution in [0.2, 0.25) is 0 Å². The summed E-state index contributed by atoms with van der Waals surface area (Å²) in [7, 11) is 0. The van der Waals surface area contributed by atoms with Crippen LogP contribution in [0.25, 0.3) is 10.9 Å². The Bertz CT molecular complexity index is 573. The second-order valence-corrected chi connectivity index (χ2v) is 5.36. The summed E-state index contributed by atoms with van der Waals surface area (Å²) in [5, 5.41) is 4.82. The van der Waals surface area contributed by atoms with Gasteiger partial charge < -0.3 is 5.32 Å². The number of benzene rings is 1. The molecule has 0 aliphatic heterocycles. The van der Waals surface area contributed by atoms with E-state index in [1.165, 1.54) is 34.9 Å². The highest BCUT2D eigenvalue weighted by molar-refractivity contribution is 5.86. The molecule has 2 nitrogen and oxygen atoms in total. The maximum atomic E-state index is 4.71. The first-order valence-corrected chi connectivity index (χ1v) is 7.20. The molecule has 1 aromatic heterocycles. The van der Waals surface area contributed by atoms with Crippen LogP contribution >= 0.6 is 0 Å². The lowest BCUT2D eigenvalue weighted by atomic mass is 10.0. The van der Waals surface area contributed by atoms with E-state index in [1.54, 1.807) is 0 Å². The molecule has 19 heavy (non-hydrogen) atoms. The zero-order chi connectivity index (χ0) is 13.8. The summed E-state index contributed by atoms with van der Waals surface area (Å²) in [5.74, 6) is 0. The Morgan fingerprint density at radius 3 is 2.68 bits per heavy atom. The van der Waals surface area contributed by atoms with Crippen molar-refractivity contribution >= 4 is 10.9 Å². The van der Waals surface area contributed by atoms with Crippen molar-refractivity contribution in [3.05, 3.63) is 40.6 Å². The third-order valence-corrected chi connectivity index (χ3v) is 3.74. The maximum Gasteiger partial charge on any atom is 0.0740 e. The number of hydrogen-bond donors (Lipinski definition) is 1. The molecule has 0 bridgehead atoms. The Balaban J connectivity index is 2.35. The van der Waals surface area contributed by atoms with Crippen LogP contribution in [0.4, 0.5) is 0 Å². The van der Waals surface area contributed by atoms with Gasteiger partial charge in [0.05, 0.1) is 5.52 Å². The highest BCUT2D eigenvalue weighted by Crippen LogP contribution is 2.23. The Morgan fingerprint density at radius 2 is 1.95 bits per heavy atom. The van der Waals surface area contributed by atoms with Gasteiger partial charge in [-0.15, -0.1) is 0 Å². The van der Waals surface area contributed by atoms with Crippen LogP contribution in [-0.2, 0) is 6.54 Å². The van der Waals surface area contributed by atoms with Crippen molar-refractivity contribution in [2.75, 3.05) is 6.54 Å². The van der Waals surface area contributed by atoms with E-state index in [0.717, 1.165) is 24.3 Å². The molecule has 1 aromatic carbocycles. The van der Waals surface area contributed by atoms with Gasteiger partial charge in [-0.25, -0.2) is 0 Å². The van der Waals surface area contributed by atoms with E-state index in [2.05, 4.69) is 51.2 Å². The van der Waals surface area contributed by atoms with E-state index in [0.29, 0.717) is 0 Å². The maximum absolute atomic E-state index is 4.71. The molecule has 0 spiro atoms. The lowest BCUT2D eigenvalue weighted by Crippen LogP contribution is -2.15. The topological polar surface area (TPSA) is 24.9 Å². The van der Waals surface area contributed by atoms with Gasteiger partial charge in [0.2, 0.25) is 0 Å². The number of nitrogens with zero attached hydrogens (tertiary/aromatic N) is 1. The van der Waals surface area contributed by atoms with E-state index < -0.39 is 0 Å². The number of aryl methyl sites for hydroxylation is 3. The molecule has 2 heteroatoms. The molecule has 2 rings (SSSR count). The molecule has 0 saturated carbocycles. The zero-order valence-electron chi connectivity index (χ0n) is 12.5. The predicted octanol–water partition coefficient (Wildman–Crippen LogP) is 4.05. The van der Waals surface area contributed by atoms with E-state index in [-0.39, 0.29) is 0 Å². The SMILES string of the molecule is CCCCNCc1cc(C)nc2c(C)c(C)ccc12. The largest absolute Gasteiger partial charge is 0.313 e. The molecule has 0 atom stereocenters. The second-order valence-electron chi connectivity index (χ2n) is 5.36. The minimum Gasteiger partial charge on any atom is -0.313 e. The number of nitrogens with one attached hydrogen (secondary N) is 1. The van der Waals surface area contributed by atoms with Crippen LogP contribution in [0.3, 0.4) is 0 Å². The molecule has 0 fully saturated rings. The first kappa shape index (κ1) is 14.0. The van der Waals surface area contributed by atoms with Crippen molar-refractivity contribution in [1.82, 2.24) is 10.3 Å². The van der Waals surface area contributed by atoms with Gasteiger partial charge in [-0.1, -0.05) is 25.5 Å². The minimum atomic E-state index is 0.933. The van der Waals surface area contributed by atoms with Crippen molar-refractivity contribution in [2.24, 2.45) is 0 Å². The van der Waals surface area contributed by atoms with Crippen LogP contribution < -0.4 is 5.32 Å². The summed E-state index contributed by atoms with van der Waals surface area (Å²) in [4.78, 5) is 4.71. The van der Waals surface area contributed by atoms with Gasteiger partial charge in [-0.2, -0.15) is 0 Å². The molecular weight excluding hydrogens is 232 g/mol. The van der Waals surface area contributed by atoms with Crippen LogP contribution in [-0.4, -0.2) is 11.5 Å². The predicted molar refractivity (Wildman–Crippen MR) is 82.6 cm³/mol. The summed E-state index contributed by atoms with van der Waals surface area (Å²) >= 11 is 0. The normalized spacial score (nSPS) is 11.2. The summed E-state index contributed by atoms with van der Waals surface area (Å²) in [6.45, 7) is 10.6. The average molecular weight is 256 g/mol. The lowest BCUT2D eigenvalue weighted by molar-refractivity contribution is 0.643. The van der Waals surface area contributed by atoms with Gasteiger partial charge in [-0.05, 0) is 56.5 Å². The van der Waals surface area contributed by atoms with E-state index >= 15 is 0 Å². The molecular formula is C17H24N2. The van der Waals surface area contributed by atoms with Gasteiger partial charge in [0.1, 0.15) is 0 Å². The molecule has 0 radical (unpaired) electrons. The molecule has 0 saturated heterocycles. The van der Waals surface area contributed by atoms with Crippen LogP contribution in [0.5, 0.6) is 0 Å². The highest BCUT2D eigenvalue weighted by Gasteiger charge is 2.07. The van der Waals surface area contributed by atoms with Crippen molar-refractivity contribution in [3.63, 3.8) is 0 Å². The molecule has 0 aliphatic carbocycles. The first-order valence-electron chi connectivity index (χ1n) is 7.20. The molecule has 0 unspecified atom stereocenters. The standard InChI is InChI=1S/C17H24N2/c1-5-6-9-18-11-15-10-13(3)19-17-14(4)12(2)7-8-16(15)17/h7-8,10,18H,5-6,9,11H2,1-4H3. The fraction of sp³-hybridized carbons (Fsp3) is 0.471. The molecule has 1 N–H and O–H groups in total. The number of rotatable bonds is 5. The molecule has 1 heterocycles. The van der Waals surface area contributed by atoms with Crippen molar-refractivity contribution in [3.8, 4) is 0 Å². The minimum absolute atomic E-state index is 0.933. The van der Waals surface area contributed by atoms with Gasteiger partial charge in [0.25, 0.3) is 0 Å². The van der Waals surface area contributed by atoms with Gasteiger partial charge in [0, 0.05) is 17.6 Å². The van der Waals surface area contributed by atoms with Gasteiger partial charge in [-0.3, -0.25) is 4.98 Å². The molecule has 0 aliphatic rings. The third-order valence-electron chi connectivity index (χ3n) is 3.74. The van der Waals surface area contributed by atoms with Crippen LogP contribution in [0, 0.1) is 20.8 Å². The van der Waals surface area contributed by atoms with Crippen LogP contribution in [0.1, 0.15) is 42.1 Å². The second kappa shape index (κ2) is 6.16. The number of pyridine rings is 1. The first-order chi connectivity index (χ1) is 9.13. The number of fused-ring (bicyclic) bond motifs is 1. The monoisotopic (exact) mass is 256 g/mol. The fourth-order valence-corrected chi connectivity index (χ4v) is 2.41. The lowest BCUT2D eigenvalue weighted by Gasteiger charge is -2.12.